The van der Waals surface area contributed by atoms with Gasteiger partial charge < -0.3 is 19.7 Å². The lowest BCUT2D eigenvalue weighted by Crippen LogP contribution is -2.30. The third-order valence-corrected chi connectivity index (χ3v) is 7.06. The van der Waals surface area contributed by atoms with E-state index in [2.05, 4.69) is 38.6 Å². The molecule has 4 aromatic rings. The summed E-state index contributed by atoms with van der Waals surface area (Å²) >= 11 is 0. The van der Waals surface area contributed by atoms with E-state index in [4.69, 9.17) is 9.72 Å². The van der Waals surface area contributed by atoms with Gasteiger partial charge in [-0.2, -0.15) is 0 Å². The lowest BCUT2D eigenvalue weighted by Gasteiger charge is -2.22. The summed E-state index contributed by atoms with van der Waals surface area (Å²) in [5.41, 5.74) is 5.74. The molecule has 1 amide bonds. The number of amides is 1. The van der Waals surface area contributed by atoms with Crippen LogP contribution in [-0.2, 0) is 9.53 Å². The Hall–Kier alpha value is -3.23. The highest BCUT2D eigenvalue weighted by atomic mass is 16.5. The Morgan fingerprint density at radius 1 is 1.15 bits per heavy atom. The van der Waals surface area contributed by atoms with E-state index in [9.17, 15) is 9.90 Å². The van der Waals surface area contributed by atoms with Crippen molar-refractivity contribution in [1.29, 1.82) is 0 Å². The van der Waals surface area contributed by atoms with Gasteiger partial charge in [-0.15, -0.1) is 0 Å². The number of rotatable bonds is 3. The van der Waals surface area contributed by atoms with Crippen LogP contribution in [0.15, 0.2) is 42.7 Å². The molecule has 2 unspecified atom stereocenters. The number of H-pyrrole nitrogens is 1. The van der Waals surface area contributed by atoms with Gasteiger partial charge in [0, 0.05) is 44.9 Å². The Balaban J connectivity index is 1.48. The predicted molar refractivity (Wildman–Crippen MR) is 124 cm³/mol. The molecule has 6 rings (SSSR count). The van der Waals surface area contributed by atoms with Crippen LogP contribution in [0.2, 0.25) is 0 Å². The zero-order valence-corrected chi connectivity index (χ0v) is 18.6. The second-order valence-electron chi connectivity index (χ2n) is 9.09. The summed E-state index contributed by atoms with van der Waals surface area (Å²) in [6.07, 6.45) is 5.71. The van der Waals surface area contributed by atoms with Crippen LogP contribution in [0.4, 0.5) is 0 Å². The molecule has 2 aliphatic rings. The zero-order chi connectivity index (χ0) is 22.5. The Morgan fingerprint density at radius 3 is 2.70 bits per heavy atom. The number of hydrogen-bond donors (Lipinski definition) is 2. The van der Waals surface area contributed by atoms with Gasteiger partial charge in [0.2, 0.25) is 5.91 Å². The van der Waals surface area contributed by atoms with Crippen LogP contribution < -0.4 is 0 Å². The van der Waals surface area contributed by atoms with Crippen LogP contribution in [0.3, 0.4) is 0 Å². The minimum Gasteiger partial charge on any atom is -0.391 e. The van der Waals surface area contributed by atoms with E-state index in [0.29, 0.717) is 18.9 Å². The molecule has 5 heterocycles. The topological polar surface area (TPSA) is 95.8 Å². The lowest BCUT2D eigenvalue weighted by atomic mass is 9.91. The summed E-state index contributed by atoms with van der Waals surface area (Å²) in [7, 11) is 0. The number of ether oxygens (including phenoxy) is 1. The monoisotopic (exact) mass is 445 g/mol. The number of aliphatic hydroxyl groups excluding tert-OH is 1. The maximum absolute atomic E-state index is 12.3. The quantitative estimate of drug-likeness (QED) is 0.504. The van der Waals surface area contributed by atoms with Crippen LogP contribution in [0.5, 0.6) is 0 Å². The van der Waals surface area contributed by atoms with E-state index in [1.165, 1.54) is 5.56 Å². The molecule has 0 spiro atoms. The van der Waals surface area contributed by atoms with E-state index in [0.717, 1.165) is 59.8 Å². The molecule has 170 valence electrons. The number of fused-ring (bicyclic) bond motifs is 3. The number of β-amino-alcohol motifs (C(OH)–C–C–N with tert-alkyl or cyclic N) is 1. The molecule has 0 saturated carbocycles. The third kappa shape index (κ3) is 3.41. The molecule has 8 nitrogen and oxygen atoms in total. The molecule has 2 atom stereocenters. The van der Waals surface area contributed by atoms with Gasteiger partial charge in [0.1, 0.15) is 5.82 Å². The Morgan fingerprint density at radius 2 is 1.94 bits per heavy atom. The van der Waals surface area contributed by atoms with Gasteiger partial charge in [-0.25, -0.2) is 9.97 Å². The number of nitrogens with one attached hydrogen (secondary N) is 1. The predicted octanol–water partition coefficient (Wildman–Crippen LogP) is 3.43. The number of nitrogens with zero attached hydrogens (tertiary/aromatic N) is 4. The molecule has 2 N–H and O–H groups in total. The first-order chi connectivity index (χ1) is 16.1. The maximum atomic E-state index is 12.3. The van der Waals surface area contributed by atoms with Crippen molar-refractivity contribution in [3.63, 3.8) is 0 Å². The first kappa shape index (κ1) is 20.4. The van der Waals surface area contributed by atoms with E-state index < -0.39 is 6.10 Å². The average molecular weight is 446 g/mol. The largest absolute Gasteiger partial charge is 0.391 e. The number of benzene rings is 1. The Bertz CT molecular complexity index is 1320. The van der Waals surface area contributed by atoms with E-state index in [1.54, 1.807) is 11.8 Å². The second kappa shape index (κ2) is 7.97. The molecule has 0 radical (unpaired) electrons. The number of carbonyl (C=O) groups excluding carboxylic acids is 1. The average Bonchev–Trinajstić information content (AvgIpc) is 3.55. The SMILES string of the molecule is CC(=O)N1CC(O)CC1c1nc(-c2ccc(C3CCOCC3)cc2)c2cnc3[nH]ccc3n12. The van der Waals surface area contributed by atoms with Crippen LogP contribution in [0.25, 0.3) is 27.9 Å². The van der Waals surface area contributed by atoms with Gasteiger partial charge >= 0.3 is 0 Å². The molecule has 8 heteroatoms. The molecule has 33 heavy (non-hydrogen) atoms. The standard InChI is InChI=1S/C25H27N5O3/c1-15(31)29-14-19(32)12-21(29)25-28-23(22-13-27-24-20(30(22)25)6-9-26-24)18-4-2-16(3-5-18)17-7-10-33-11-8-17/h2-6,9,13,17,19,21,26,32H,7-8,10-12,14H2,1H3. The number of likely N-dealkylation sites (tertiary alicyclic amines) is 1. The van der Waals surface area contributed by atoms with Crippen molar-refractivity contribution in [1.82, 2.24) is 24.3 Å². The minimum atomic E-state index is -0.558. The van der Waals surface area contributed by atoms with Gasteiger partial charge in [0.25, 0.3) is 0 Å². The molecule has 0 aliphatic carbocycles. The third-order valence-electron chi connectivity index (χ3n) is 7.06. The molecule has 2 saturated heterocycles. The normalized spacial score (nSPS) is 21.9. The Labute approximate surface area is 191 Å². The van der Waals surface area contributed by atoms with Crippen molar-refractivity contribution in [3.05, 3.63) is 54.1 Å². The first-order valence-electron chi connectivity index (χ1n) is 11.6. The number of aromatic amines is 1. The molecule has 0 bridgehead atoms. The number of carbonyl (C=O) groups is 1. The fourth-order valence-corrected chi connectivity index (χ4v) is 5.37. The summed E-state index contributed by atoms with van der Waals surface area (Å²) < 4.78 is 7.59. The number of aliphatic hydroxyl groups is 1. The number of imidazole rings is 1. The number of aromatic nitrogens is 4. The molecule has 2 aliphatic heterocycles. The van der Waals surface area contributed by atoms with Gasteiger partial charge in [-0.1, -0.05) is 24.3 Å². The zero-order valence-electron chi connectivity index (χ0n) is 18.6. The summed E-state index contributed by atoms with van der Waals surface area (Å²) in [6.45, 7) is 3.51. The highest BCUT2D eigenvalue weighted by Gasteiger charge is 2.37. The van der Waals surface area contributed by atoms with Crippen LogP contribution in [0.1, 0.15) is 49.5 Å². The lowest BCUT2D eigenvalue weighted by molar-refractivity contribution is -0.130. The van der Waals surface area contributed by atoms with Crippen molar-refractivity contribution in [2.75, 3.05) is 19.8 Å². The summed E-state index contributed by atoms with van der Waals surface area (Å²) in [4.78, 5) is 26.9. The fourth-order valence-electron chi connectivity index (χ4n) is 5.37. The highest BCUT2D eigenvalue weighted by molar-refractivity contribution is 5.84. The molecular weight excluding hydrogens is 418 g/mol. The van der Waals surface area contributed by atoms with Crippen LogP contribution in [0, 0.1) is 0 Å². The van der Waals surface area contributed by atoms with Gasteiger partial charge in [0.15, 0.2) is 5.65 Å². The Kier molecular flexibility index (Phi) is 4.92. The van der Waals surface area contributed by atoms with E-state index >= 15 is 0 Å². The van der Waals surface area contributed by atoms with Crippen LogP contribution in [-0.4, -0.2) is 61.1 Å². The molecule has 2 fully saturated rings. The highest BCUT2D eigenvalue weighted by Crippen LogP contribution is 2.37. The summed E-state index contributed by atoms with van der Waals surface area (Å²) in [5, 5.41) is 10.3. The molecule has 3 aromatic heterocycles. The summed E-state index contributed by atoms with van der Waals surface area (Å²) in [6, 6.07) is 10.3. The van der Waals surface area contributed by atoms with Crippen molar-refractivity contribution in [2.45, 2.75) is 44.2 Å². The van der Waals surface area contributed by atoms with Crippen LogP contribution >= 0.6 is 0 Å². The second-order valence-corrected chi connectivity index (χ2v) is 9.09. The molecular formula is C25H27N5O3. The maximum Gasteiger partial charge on any atom is 0.220 e. The minimum absolute atomic E-state index is 0.0602. The van der Waals surface area contributed by atoms with Crippen molar-refractivity contribution < 1.29 is 14.6 Å². The smallest absolute Gasteiger partial charge is 0.220 e. The number of hydrogen-bond acceptors (Lipinski definition) is 5. The summed E-state index contributed by atoms with van der Waals surface area (Å²) in [5.74, 6) is 1.23. The van der Waals surface area contributed by atoms with Gasteiger partial charge in [0.05, 0.1) is 35.1 Å². The van der Waals surface area contributed by atoms with Gasteiger partial charge in [-0.05, 0) is 30.4 Å². The molecule has 1 aromatic carbocycles. The fraction of sp³-hybridized carbons (Fsp3) is 0.400. The van der Waals surface area contributed by atoms with Crippen molar-refractivity contribution >= 4 is 22.6 Å². The van der Waals surface area contributed by atoms with Gasteiger partial charge in [-0.3, -0.25) is 9.20 Å². The van der Waals surface area contributed by atoms with E-state index in [1.807, 2.05) is 18.5 Å². The van der Waals surface area contributed by atoms with E-state index in [-0.39, 0.29) is 11.9 Å². The van der Waals surface area contributed by atoms with Crippen molar-refractivity contribution in [3.8, 4) is 11.3 Å². The first-order valence-corrected chi connectivity index (χ1v) is 11.6. The van der Waals surface area contributed by atoms with Crippen molar-refractivity contribution in [2.24, 2.45) is 0 Å².